The van der Waals surface area contributed by atoms with Gasteiger partial charge in [0.25, 0.3) is 0 Å². The summed E-state index contributed by atoms with van der Waals surface area (Å²) in [4.78, 5) is 24.4. The van der Waals surface area contributed by atoms with Gasteiger partial charge in [0.15, 0.2) is 0 Å². The lowest BCUT2D eigenvalue weighted by atomic mass is 10.1. The zero-order chi connectivity index (χ0) is 16.6. The van der Waals surface area contributed by atoms with Gasteiger partial charge in [-0.2, -0.15) is 0 Å². The molecule has 0 aliphatic heterocycles. The van der Waals surface area contributed by atoms with Gasteiger partial charge in [0.2, 0.25) is 5.91 Å². The maximum Gasteiger partial charge on any atom is 0.303 e. The van der Waals surface area contributed by atoms with Gasteiger partial charge >= 0.3 is 5.97 Å². The maximum atomic E-state index is 12.1. The molecule has 0 aromatic rings. The van der Waals surface area contributed by atoms with E-state index >= 15 is 0 Å². The quantitative estimate of drug-likeness (QED) is 0.374. The number of hydrogen-bond acceptors (Lipinski definition) is 4. The smallest absolute Gasteiger partial charge is 0.303 e. The Morgan fingerprint density at radius 2 is 1.21 bits per heavy atom. The largest absolute Gasteiger partial charge is 0.481 e. The lowest BCUT2D eigenvalue weighted by Crippen LogP contribution is -2.33. The molecular formula is C16H35Cl2N3O3. The topological polar surface area (TPSA) is 110 Å². The van der Waals surface area contributed by atoms with Crippen LogP contribution in [0.15, 0.2) is 0 Å². The lowest BCUT2D eigenvalue weighted by Gasteiger charge is -2.22. The number of nitrogens with two attached hydrogens (primary N) is 2. The average Bonchev–Trinajstić information content (AvgIpc) is 2.48. The number of amides is 1. The average molecular weight is 388 g/mol. The molecule has 0 aliphatic rings. The number of carboxylic acid groups (broad SMARTS) is 1. The van der Waals surface area contributed by atoms with Crippen LogP contribution in [-0.4, -0.2) is 48.1 Å². The molecule has 1 amide bonds. The fraction of sp³-hybridized carbons (Fsp3) is 0.875. The van der Waals surface area contributed by atoms with Gasteiger partial charge in [-0.25, -0.2) is 0 Å². The molecule has 0 heterocycles. The van der Waals surface area contributed by atoms with Crippen LogP contribution in [0, 0.1) is 0 Å². The second-order valence-electron chi connectivity index (χ2n) is 5.68. The van der Waals surface area contributed by atoms with Gasteiger partial charge in [-0.3, -0.25) is 9.59 Å². The number of hydrogen-bond donors (Lipinski definition) is 3. The van der Waals surface area contributed by atoms with Gasteiger partial charge in [0, 0.05) is 25.9 Å². The van der Waals surface area contributed by atoms with Crippen molar-refractivity contribution in [3.05, 3.63) is 0 Å². The van der Waals surface area contributed by atoms with Crippen LogP contribution in [0.25, 0.3) is 0 Å². The van der Waals surface area contributed by atoms with Crippen molar-refractivity contribution in [1.82, 2.24) is 4.90 Å². The van der Waals surface area contributed by atoms with E-state index in [-0.39, 0.29) is 37.1 Å². The van der Waals surface area contributed by atoms with Crippen molar-refractivity contribution in [2.24, 2.45) is 11.5 Å². The van der Waals surface area contributed by atoms with Crippen molar-refractivity contribution in [3.8, 4) is 0 Å². The van der Waals surface area contributed by atoms with E-state index in [1.165, 1.54) is 19.3 Å². The number of carboxylic acids is 1. The molecule has 5 N–H and O–H groups in total. The predicted molar refractivity (Wildman–Crippen MR) is 103 cm³/mol. The first kappa shape index (κ1) is 28.3. The Hall–Kier alpha value is -0.560. The van der Waals surface area contributed by atoms with Crippen molar-refractivity contribution < 1.29 is 14.7 Å². The number of unbranched alkanes of at least 4 members (excludes halogenated alkanes) is 5. The Kier molecular flexibility index (Phi) is 24.1. The number of rotatable bonds is 15. The van der Waals surface area contributed by atoms with Crippen LogP contribution in [0.5, 0.6) is 0 Å². The van der Waals surface area contributed by atoms with Crippen LogP contribution in [0.2, 0.25) is 0 Å². The van der Waals surface area contributed by atoms with Crippen LogP contribution < -0.4 is 11.5 Å². The number of carbonyl (C=O) groups is 2. The van der Waals surface area contributed by atoms with E-state index in [1.54, 1.807) is 0 Å². The van der Waals surface area contributed by atoms with Crippen molar-refractivity contribution in [3.63, 3.8) is 0 Å². The number of halogens is 2. The van der Waals surface area contributed by atoms with Gasteiger partial charge < -0.3 is 21.5 Å². The zero-order valence-corrected chi connectivity index (χ0v) is 16.2. The molecule has 0 bridgehead atoms. The van der Waals surface area contributed by atoms with Crippen LogP contribution in [0.3, 0.4) is 0 Å². The molecule has 0 radical (unpaired) electrons. The summed E-state index contributed by atoms with van der Waals surface area (Å²) >= 11 is 0. The molecular weight excluding hydrogens is 353 g/mol. The van der Waals surface area contributed by atoms with E-state index in [0.29, 0.717) is 25.9 Å². The molecule has 6 nitrogen and oxygen atoms in total. The minimum absolute atomic E-state index is 0. The highest BCUT2D eigenvalue weighted by Gasteiger charge is 2.13. The molecule has 0 spiro atoms. The van der Waals surface area contributed by atoms with Crippen molar-refractivity contribution in [1.29, 1.82) is 0 Å². The van der Waals surface area contributed by atoms with Crippen molar-refractivity contribution >= 4 is 36.7 Å². The minimum Gasteiger partial charge on any atom is -0.481 e. The van der Waals surface area contributed by atoms with Crippen LogP contribution in [0.4, 0.5) is 0 Å². The number of nitrogens with zero attached hydrogens (tertiary/aromatic N) is 1. The van der Waals surface area contributed by atoms with E-state index in [0.717, 1.165) is 38.8 Å². The zero-order valence-electron chi connectivity index (χ0n) is 14.6. The highest BCUT2D eigenvalue weighted by atomic mass is 35.5. The third-order valence-electron chi connectivity index (χ3n) is 3.65. The fourth-order valence-corrected chi connectivity index (χ4v) is 2.35. The first-order chi connectivity index (χ1) is 10.6. The van der Waals surface area contributed by atoms with Crippen molar-refractivity contribution in [2.45, 2.75) is 64.2 Å². The molecule has 0 aromatic carbocycles. The van der Waals surface area contributed by atoms with Crippen LogP contribution >= 0.6 is 24.8 Å². The Labute approximate surface area is 158 Å². The summed E-state index contributed by atoms with van der Waals surface area (Å²) in [5.41, 5.74) is 11.0. The Balaban J connectivity index is -0.00000220. The Morgan fingerprint density at radius 1 is 0.708 bits per heavy atom. The van der Waals surface area contributed by atoms with E-state index in [4.69, 9.17) is 16.6 Å². The van der Waals surface area contributed by atoms with Gasteiger partial charge in [0.1, 0.15) is 0 Å². The molecule has 0 unspecified atom stereocenters. The first-order valence-corrected chi connectivity index (χ1v) is 8.51. The predicted octanol–water partition coefficient (Wildman–Crippen LogP) is 2.56. The summed E-state index contributed by atoms with van der Waals surface area (Å²) in [6.07, 6.45) is 8.33. The number of aliphatic carboxylic acids is 1. The molecule has 8 heteroatoms. The summed E-state index contributed by atoms with van der Waals surface area (Å²) in [6.45, 7) is 2.76. The molecule has 0 aromatic heterocycles. The highest BCUT2D eigenvalue weighted by Crippen LogP contribution is 2.08. The number of carbonyl (C=O) groups excluding carboxylic acids is 1. The van der Waals surface area contributed by atoms with E-state index in [9.17, 15) is 9.59 Å². The van der Waals surface area contributed by atoms with Gasteiger partial charge in [-0.1, -0.05) is 25.7 Å². The third-order valence-corrected chi connectivity index (χ3v) is 3.65. The minimum atomic E-state index is -0.848. The van der Waals surface area contributed by atoms with Crippen molar-refractivity contribution in [2.75, 3.05) is 26.2 Å². The second kappa shape index (κ2) is 20.5. The summed E-state index contributed by atoms with van der Waals surface area (Å²) in [7, 11) is 0. The van der Waals surface area contributed by atoms with Crippen LogP contribution in [-0.2, 0) is 9.59 Å². The highest BCUT2D eigenvalue weighted by molar-refractivity contribution is 5.85. The van der Waals surface area contributed by atoms with E-state index in [2.05, 4.69) is 0 Å². The standard InChI is InChI=1S/C16H33N3O3.2ClH/c17-11-5-3-1-2-4-6-13-19(14-8-12-18)15(20)9-7-10-16(21)22;;/h1-14,17-18H2,(H,21,22);2*1H. The molecule has 0 atom stereocenters. The molecule has 0 saturated carbocycles. The first-order valence-electron chi connectivity index (χ1n) is 8.51. The van der Waals surface area contributed by atoms with E-state index in [1.807, 2.05) is 4.90 Å². The Morgan fingerprint density at radius 3 is 1.75 bits per heavy atom. The Bertz CT molecular complexity index is 308. The summed E-state index contributed by atoms with van der Waals surface area (Å²) in [6, 6.07) is 0. The maximum absolute atomic E-state index is 12.1. The monoisotopic (exact) mass is 387 g/mol. The summed E-state index contributed by atoms with van der Waals surface area (Å²) < 4.78 is 0. The van der Waals surface area contributed by atoms with Gasteiger partial charge in [-0.15, -0.1) is 24.8 Å². The second-order valence-corrected chi connectivity index (χ2v) is 5.68. The van der Waals surface area contributed by atoms with Gasteiger partial charge in [-0.05, 0) is 38.8 Å². The fourth-order valence-electron chi connectivity index (χ4n) is 2.35. The third kappa shape index (κ3) is 17.8. The van der Waals surface area contributed by atoms with Crippen LogP contribution in [0.1, 0.15) is 64.2 Å². The molecule has 0 rings (SSSR count). The van der Waals surface area contributed by atoms with E-state index < -0.39 is 5.97 Å². The van der Waals surface area contributed by atoms with Gasteiger partial charge in [0.05, 0.1) is 0 Å². The molecule has 0 fully saturated rings. The lowest BCUT2D eigenvalue weighted by molar-refractivity contribution is -0.137. The molecule has 0 saturated heterocycles. The SMILES string of the molecule is Cl.Cl.NCCCCCCCCN(CCCN)C(=O)CCCC(=O)O. The summed E-state index contributed by atoms with van der Waals surface area (Å²) in [5.74, 6) is -0.795. The molecule has 146 valence electrons. The molecule has 0 aliphatic carbocycles. The molecule has 24 heavy (non-hydrogen) atoms. The normalized spacial score (nSPS) is 9.75. The summed E-state index contributed by atoms with van der Waals surface area (Å²) in [5, 5.41) is 8.62.